The first-order chi connectivity index (χ1) is 11.3. The van der Waals surface area contributed by atoms with Gasteiger partial charge < -0.3 is 15.1 Å². The van der Waals surface area contributed by atoms with Crippen molar-refractivity contribution in [3.63, 3.8) is 0 Å². The van der Waals surface area contributed by atoms with Gasteiger partial charge in [0.25, 0.3) is 0 Å². The number of benzene rings is 1. The van der Waals surface area contributed by atoms with E-state index in [1.165, 1.54) is 0 Å². The van der Waals surface area contributed by atoms with E-state index in [0.29, 0.717) is 12.2 Å². The van der Waals surface area contributed by atoms with Crippen LogP contribution in [0.5, 0.6) is 0 Å². The lowest BCUT2D eigenvalue weighted by molar-refractivity contribution is -0.134. The zero-order valence-corrected chi connectivity index (χ0v) is 14.3. The first-order valence-electron chi connectivity index (χ1n) is 7.65. The number of aliphatic carboxylic acids is 2. The summed E-state index contributed by atoms with van der Waals surface area (Å²) >= 11 is 0. The summed E-state index contributed by atoms with van der Waals surface area (Å²) in [6.45, 7) is 2.96. The van der Waals surface area contributed by atoms with Crippen LogP contribution in [0.4, 0.5) is 0 Å². The number of nitrogens with zero attached hydrogens (tertiary/aromatic N) is 1. The Bertz CT molecular complexity index is 536. The zero-order valence-electron chi connectivity index (χ0n) is 14.3. The third-order valence-corrected chi connectivity index (χ3v) is 3.02. The Morgan fingerprint density at radius 1 is 1.04 bits per heavy atom. The van der Waals surface area contributed by atoms with Gasteiger partial charge in [0.1, 0.15) is 0 Å². The highest BCUT2D eigenvalue weighted by Gasteiger charge is 2.19. The summed E-state index contributed by atoms with van der Waals surface area (Å²) in [5.74, 6) is -2.11. The lowest BCUT2D eigenvalue weighted by Gasteiger charge is -2.19. The number of carboxylic acid groups (broad SMARTS) is 2. The quantitative estimate of drug-likeness (QED) is 0.560. The Balaban J connectivity index is 0.000000561. The summed E-state index contributed by atoms with van der Waals surface area (Å²) in [6, 6.07) is 9.59. The van der Waals surface area contributed by atoms with Crippen molar-refractivity contribution in [2.75, 3.05) is 20.6 Å². The normalized spacial score (nSPS) is 11.7. The molecule has 0 amide bonds. The molecule has 0 aliphatic heterocycles. The summed E-state index contributed by atoms with van der Waals surface area (Å²) in [7, 11) is 4.03. The van der Waals surface area contributed by atoms with Crippen LogP contribution in [0.25, 0.3) is 0 Å². The standard InChI is InChI=1S/C14H21NO.C4H4O4/c1-4-8-13(11-15(2)3)14(16)12-9-6-5-7-10-12;5-3(6)1-2-4(7)8/h5-7,9-10,13H,4,8,11H2,1-3H3;1-2H,(H,5,6)(H,7,8)/b;2-1+. The Labute approximate surface area is 142 Å². The fraction of sp³-hybridized carbons (Fsp3) is 0.389. The molecule has 0 aliphatic rings. The molecule has 0 radical (unpaired) electrons. The largest absolute Gasteiger partial charge is 0.478 e. The van der Waals surface area contributed by atoms with Gasteiger partial charge in [-0.25, -0.2) is 9.59 Å². The van der Waals surface area contributed by atoms with Crippen LogP contribution in [0.3, 0.4) is 0 Å². The fourth-order valence-corrected chi connectivity index (χ4v) is 2.08. The van der Waals surface area contributed by atoms with Crippen molar-refractivity contribution in [2.45, 2.75) is 19.8 Å². The molecule has 0 aromatic heterocycles. The molecule has 24 heavy (non-hydrogen) atoms. The van der Waals surface area contributed by atoms with Crippen LogP contribution in [0.15, 0.2) is 42.5 Å². The van der Waals surface area contributed by atoms with Crippen molar-refractivity contribution in [1.82, 2.24) is 4.90 Å². The molecule has 0 heterocycles. The predicted octanol–water partition coefficient (Wildman–Crippen LogP) is 2.56. The second-order valence-electron chi connectivity index (χ2n) is 5.49. The minimum atomic E-state index is -1.26. The summed E-state index contributed by atoms with van der Waals surface area (Å²) in [5.41, 5.74) is 0.836. The summed E-state index contributed by atoms with van der Waals surface area (Å²) in [6.07, 6.45) is 3.13. The first-order valence-corrected chi connectivity index (χ1v) is 7.65. The van der Waals surface area contributed by atoms with Crippen LogP contribution in [0.2, 0.25) is 0 Å². The van der Waals surface area contributed by atoms with Crippen LogP contribution < -0.4 is 0 Å². The van der Waals surface area contributed by atoms with Crippen LogP contribution in [0.1, 0.15) is 30.1 Å². The minimum absolute atomic E-state index is 0.127. The number of carboxylic acids is 2. The molecule has 0 spiro atoms. The van der Waals surface area contributed by atoms with Gasteiger partial charge in [0.2, 0.25) is 0 Å². The van der Waals surface area contributed by atoms with Crippen molar-refractivity contribution < 1.29 is 24.6 Å². The van der Waals surface area contributed by atoms with Crippen molar-refractivity contribution in [3.8, 4) is 0 Å². The molecule has 2 N–H and O–H groups in total. The van der Waals surface area contributed by atoms with Crippen molar-refractivity contribution >= 4 is 17.7 Å². The van der Waals surface area contributed by atoms with Crippen molar-refractivity contribution in [3.05, 3.63) is 48.0 Å². The smallest absolute Gasteiger partial charge is 0.328 e. The molecule has 1 aromatic carbocycles. The predicted molar refractivity (Wildman–Crippen MR) is 92.1 cm³/mol. The van der Waals surface area contributed by atoms with Gasteiger partial charge in [0.15, 0.2) is 5.78 Å². The molecule has 0 fully saturated rings. The van der Waals surface area contributed by atoms with Gasteiger partial charge in [-0.1, -0.05) is 43.7 Å². The van der Waals surface area contributed by atoms with Crippen molar-refractivity contribution in [1.29, 1.82) is 0 Å². The van der Waals surface area contributed by atoms with Crippen LogP contribution in [-0.2, 0) is 9.59 Å². The maximum Gasteiger partial charge on any atom is 0.328 e. The van der Waals surface area contributed by atoms with Gasteiger partial charge in [-0.05, 0) is 20.5 Å². The highest BCUT2D eigenvalue weighted by Crippen LogP contribution is 2.15. The zero-order chi connectivity index (χ0) is 18.5. The number of rotatable bonds is 8. The number of hydrogen-bond acceptors (Lipinski definition) is 4. The number of hydrogen-bond donors (Lipinski definition) is 2. The molecule has 0 bridgehead atoms. The molecular weight excluding hydrogens is 310 g/mol. The van der Waals surface area contributed by atoms with E-state index in [4.69, 9.17) is 10.2 Å². The van der Waals surface area contributed by atoms with E-state index in [1.54, 1.807) is 0 Å². The maximum atomic E-state index is 12.2. The molecule has 6 heteroatoms. The monoisotopic (exact) mass is 335 g/mol. The number of ketones is 1. The Hall–Kier alpha value is -2.47. The summed E-state index contributed by atoms with van der Waals surface area (Å²) in [5, 5.41) is 15.6. The molecule has 1 atom stereocenters. The summed E-state index contributed by atoms with van der Waals surface area (Å²) in [4.78, 5) is 33.4. The van der Waals surface area contributed by atoms with E-state index < -0.39 is 11.9 Å². The van der Waals surface area contributed by atoms with Crippen LogP contribution in [0, 0.1) is 5.92 Å². The Morgan fingerprint density at radius 3 is 1.92 bits per heavy atom. The highest BCUT2D eigenvalue weighted by atomic mass is 16.4. The van der Waals surface area contributed by atoms with Gasteiger partial charge in [-0.2, -0.15) is 0 Å². The van der Waals surface area contributed by atoms with E-state index in [9.17, 15) is 14.4 Å². The van der Waals surface area contributed by atoms with Crippen LogP contribution >= 0.6 is 0 Å². The molecule has 0 saturated heterocycles. The van der Waals surface area contributed by atoms with E-state index >= 15 is 0 Å². The van der Waals surface area contributed by atoms with Crippen LogP contribution in [-0.4, -0.2) is 53.5 Å². The average Bonchev–Trinajstić information content (AvgIpc) is 2.53. The molecular formula is C18H25NO5. The second-order valence-corrected chi connectivity index (χ2v) is 5.49. The third kappa shape index (κ3) is 10.3. The maximum absolute atomic E-state index is 12.2. The van der Waals surface area contributed by atoms with E-state index in [2.05, 4.69) is 11.8 Å². The first kappa shape index (κ1) is 21.5. The van der Waals surface area contributed by atoms with E-state index in [-0.39, 0.29) is 11.7 Å². The molecule has 1 unspecified atom stereocenters. The fourth-order valence-electron chi connectivity index (χ4n) is 2.08. The molecule has 1 aromatic rings. The van der Waals surface area contributed by atoms with Gasteiger partial charge in [0, 0.05) is 30.2 Å². The summed E-state index contributed by atoms with van der Waals surface area (Å²) < 4.78 is 0. The van der Waals surface area contributed by atoms with Gasteiger partial charge in [0.05, 0.1) is 0 Å². The molecule has 1 rings (SSSR count). The third-order valence-electron chi connectivity index (χ3n) is 3.02. The van der Waals surface area contributed by atoms with E-state index in [1.807, 2.05) is 44.4 Å². The molecule has 6 nitrogen and oxygen atoms in total. The molecule has 132 valence electrons. The SMILES string of the molecule is CCCC(CN(C)C)C(=O)c1ccccc1.O=C(O)/C=C/C(=O)O. The van der Waals surface area contributed by atoms with E-state index in [0.717, 1.165) is 24.9 Å². The van der Waals surface area contributed by atoms with Gasteiger partial charge in [-0.15, -0.1) is 0 Å². The van der Waals surface area contributed by atoms with Gasteiger partial charge in [-0.3, -0.25) is 4.79 Å². The lowest BCUT2D eigenvalue weighted by atomic mass is 9.93. The number of carbonyl (C=O) groups is 3. The average molecular weight is 335 g/mol. The second kappa shape index (κ2) is 12.0. The topological polar surface area (TPSA) is 94.9 Å². The highest BCUT2D eigenvalue weighted by molar-refractivity contribution is 5.97. The number of Topliss-reactive ketones (excluding diaryl/α,β-unsaturated/α-hetero) is 1. The number of carbonyl (C=O) groups excluding carboxylic acids is 1. The minimum Gasteiger partial charge on any atom is -0.478 e. The lowest BCUT2D eigenvalue weighted by Crippen LogP contribution is -2.27. The Morgan fingerprint density at radius 2 is 1.54 bits per heavy atom. The Kier molecular flexibility index (Phi) is 10.8. The van der Waals surface area contributed by atoms with Gasteiger partial charge >= 0.3 is 11.9 Å². The van der Waals surface area contributed by atoms with Crippen molar-refractivity contribution in [2.24, 2.45) is 5.92 Å². The molecule has 0 saturated carbocycles. The molecule has 0 aliphatic carbocycles.